The SMILES string of the molecule is Cc1cc(C)c[c]([Na])c1.OB(O)O. The maximum atomic E-state index is 7.17. The van der Waals surface area contributed by atoms with Gasteiger partial charge in [-0.05, 0) is 0 Å². The van der Waals surface area contributed by atoms with E-state index in [2.05, 4.69) is 32.0 Å². The first-order chi connectivity index (χ1) is 5.91. The molecule has 0 fully saturated rings. The van der Waals surface area contributed by atoms with Crippen LogP contribution >= 0.6 is 0 Å². The summed E-state index contributed by atoms with van der Waals surface area (Å²) >= 11 is 1.17. The quantitative estimate of drug-likeness (QED) is 0.462. The van der Waals surface area contributed by atoms with E-state index in [4.69, 9.17) is 15.1 Å². The molecular weight excluding hydrogens is 178 g/mol. The van der Waals surface area contributed by atoms with E-state index < -0.39 is 7.32 Å². The minimum Gasteiger partial charge on any atom is -0.402 e. The van der Waals surface area contributed by atoms with E-state index in [0.717, 1.165) is 0 Å². The maximum absolute atomic E-state index is 7.17. The Morgan fingerprint density at radius 1 is 1.00 bits per heavy atom. The average Bonchev–Trinajstić information content (AvgIpc) is 1.80. The van der Waals surface area contributed by atoms with E-state index in [0.29, 0.717) is 0 Å². The molecule has 0 amide bonds. The van der Waals surface area contributed by atoms with Crippen LogP contribution in [0.15, 0.2) is 18.2 Å². The van der Waals surface area contributed by atoms with Crippen molar-refractivity contribution in [2.75, 3.05) is 0 Å². The molecule has 0 aromatic heterocycles. The fraction of sp³-hybridized carbons (Fsp3) is 0.250. The first kappa shape index (κ1) is 13.2. The van der Waals surface area contributed by atoms with Crippen molar-refractivity contribution in [3.63, 3.8) is 0 Å². The van der Waals surface area contributed by atoms with E-state index in [1.807, 2.05) is 0 Å². The Balaban J connectivity index is 0.000000310. The summed E-state index contributed by atoms with van der Waals surface area (Å²) in [5, 5.41) is 21.5. The minimum absolute atomic E-state index is 1.17. The average molecular weight is 190 g/mol. The van der Waals surface area contributed by atoms with Gasteiger partial charge in [-0.15, -0.1) is 0 Å². The second-order valence-electron chi connectivity index (χ2n) is 3.01. The normalized spacial score (nSPS) is 8.85. The smallest absolute Gasteiger partial charge is 0.402 e. The zero-order valence-electron chi connectivity index (χ0n) is 8.15. The molecule has 0 heterocycles. The summed E-state index contributed by atoms with van der Waals surface area (Å²) in [6.45, 7) is 4.29. The molecule has 0 unspecified atom stereocenters. The Bertz CT molecular complexity index is 212. The Hall–Kier alpha value is 0.165. The van der Waals surface area contributed by atoms with E-state index in [-0.39, 0.29) is 0 Å². The molecule has 0 aliphatic heterocycles. The molecule has 0 radical (unpaired) electrons. The summed E-state index contributed by atoms with van der Waals surface area (Å²) in [7, 11) is -2.17. The predicted molar refractivity (Wildman–Crippen MR) is 53.7 cm³/mol. The molecule has 0 aliphatic carbocycles. The third-order valence-corrected chi connectivity index (χ3v) is 1.94. The van der Waals surface area contributed by atoms with Gasteiger partial charge in [0.25, 0.3) is 0 Å². The number of hydrogen-bond donors (Lipinski definition) is 3. The van der Waals surface area contributed by atoms with Crippen LogP contribution in [0.1, 0.15) is 11.1 Å². The Morgan fingerprint density at radius 2 is 1.31 bits per heavy atom. The summed E-state index contributed by atoms with van der Waals surface area (Å²) in [4.78, 5) is 0. The van der Waals surface area contributed by atoms with Crippen LogP contribution < -0.4 is 2.81 Å². The topological polar surface area (TPSA) is 60.7 Å². The zero-order chi connectivity index (χ0) is 10.4. The molecule has 3 N–H and O–H groups in total. The summed E-state index contributed by atoms with van der Waals surface area (Å²) in [5.41, 5.74) is 2.78. The van der Waals surface area contributed by atoms with Crippen LogP contribution in [-0.4, -0.2) is 50.3 Å². The van der Waals surface area contributed by atoms with Gasteiger partial charge in [-0.25, -0.2) is 0 Å². The molecular formula is C8H12BNaO3. The third kappa shape index (κ3) is 8.49. The zero-order valence-corrected chi connectivity index (χ0v) is 10.2. The largest absolute Gasteiger partial charge is 0.631 e. The number of hydrogen-bond acceptors (Lipinski definition) is 3. The first-order valence-corrected chi connectivity index (χ1v) is 5.01. The van der Waals surface area contributed by atoms with Crippen molar-refractivity contribution in [2.24, 2.45) is 0 Å². The summed E-state index contributed by atoms with van der Waals surface area (Å²) in [5.74, 6) is 0. The fourth-order valence-electron chi connectivity index (χ4n) is 1.20. The van der Waals surface area contributed by atoms with E-state index in [1.165, 1.54) is 41.9 Å². The molecule has 66 valence electrons. The van der Waals surface area contributed by atoms with Gasteiger partial charge < -0.3 is 15.1 Å². The second-order valence-corrected chi connectivity index (χ2v) is 4.17. The van der Waals surface area contributed by atoms with Crippen LogP contribution in [0.5, 0.6) is 0 Å². The Kier molecular flexibility index (Phi) is 6.68. The van der Waals surface area contributed by atoms with Gasteiger partial charge >= 0.3 is 81.2 Å². The molecule has 0 atom stereocenters. The second kappa shape index (κ2) is 6.59. The van der Waals surface area contributed by atoms with E-state index >= 15 is 0 Å². The molecule has 0 saturated carbocycles. The summed E-state index contributed by atoms with van der Waals surface area (Å²) < 4.78 is 1.49. The van der Waals surface area contributed by atoms with Gasteiger partial charge in [0, 0.05) is 0 Å². The van der Waals surface area contributed by atoms with Crippen molar-refractivity contribution in [1.29, 1.82) is 0 Å². The number of benzene rings is 1. The molecule has 1 rings (SSSR count). The molecule has 3 nitrogen and oxygen atoms in total. The molecule has 0 aliphatic rings. The molecule has 1 aromatic carbocycles. The van der Waals surface area contributed by atoms with Crippen LogP contribution in [0.3, 0.4) is 0 Å². The first-order valence-electron chi connectivity index (χ1n) is 4.01. The monoisotopic (exact) mass is 190 g/mol. The molecule has 0 spiro atoms. The molecule has 0 bridgehead atoms. The van der Waals surface area contributed by atoms with Crippen molar-refractivity contribution in [3.8, 4) is 0 Å². The van der Waals surface area contributed by atoms with Crippen molar-refractivity contribution in [2.45, 2.75) is 13.8 Å². The van der Waals surface area contributed by atoms with Crippen LogP contribution in [0.25, 0.3) is 0 Å². The van der Waals surface area contributed by atoms with Crippen LogP contribution in [0.2, 0.25) is 0 Å². The van der Waals surface area contributed by atoms with Crippen LogP contribution in [0.4, 0.5) is 0 Å². The summed E-state index contributed by atoms with van der Waals surface area (Å²) in [6.07, 6.45) is 0. The number of aryl methyl sites for hydroxylation is 2. The maximum Gasteiger partial charge on any atom is 0.631 e. The van der Waals surface area contributed by atoms with Gasteiger partial charge in [-0.2, -0.15) is 0 Å². The molecule has 13 heavy (non-hydrogen) atoms. The van der Waals surface area contributed by atoms with Gasteiger partial charge in [0.2, 0.25) is 0 Å². The van der Waals surface area contributed by atoms with Crippen LogP contribution in [-0.2, 0) is 0 Å². The van der Waals surface area contributed by atoms with Crippen molar-refractivity contribution < 1.29 is 15.1 Å². The van der Waals surface area contributed by atoms with Gasteiger partial charge in [-0.1, -0.05) is 0 Å². The van der Waals surface area contributed by atoms with Crippen molar-refractivity contribution in [3.05, 3.63) is 29.3 Å². The number of rotatable bonds is 0. The Labute approximate surface area is 96.0 Å². The molecule has 1 aromatic rings. The summed E-state index contributed by atoms with van der Waals surface area (Å²) in [6, 6.07) is 6.71. The van der Waals surface area contributed by atoms with E-state index in [9.17, 15) is 0 Å². The fourth-order valence-corrected chi connectivity index (χ4v) is 2.11. The molecule has 5 heteroatoms. The third-order valence-electron chi connectivity index (χ3n) is 1.37. The minimum atomic E-state index is -2.17. The predicted octanol–water partition coefficient (Wildman–Crippen LogP) is -0.955. The van der Waals surface area contributed by atoms with Gasteiger partial charge in [0.1, 0.15) is 0 Å². The molecule has 0 saturated heterocycles. The Morgan fingerprint density at radius 3 is 1.54 bits per heavy atom. The standard InChI is InChI=1S/C8H9.BH3O3.Na/c1-7-4-3-5-8(2)6-7;2-1(3)4;/h4-6H,1-2H3;2-4H;. The van der Waals surface area contributed by atoms with E-state index in [1.54, 1.807) is 0 Å². The van der Waals surface area contributed by atoms with Crippen LogP contribution in [0, 0.1) is 13.8 Å². The van der Waals surface area contributed by atoms with Gasteiger partial charge in [0.15, 0.2) is 0 Å². The van der Waals surface area contributed by atoms with Crippen molar-refractivity contribution >= 4 is 38.1 Å². The van der Waals surface area contributed by atoms with Gasteiger partial charge in [0.05, 0.1) is 0 Å². The van der Waals surface area contributed by atoms with Gasteiger partial charge in [-0.3, -0.25) is 0 Å². The van der Waals surface area contributed by atoms with Crippen molar-refractivity contribution in [1.82, 2.24) is 0 Å².